The Morgan fingerprint density at radius 1 is 1.43 bits per heavy atom. The van der Waals surface area contributed by atoms with Crippen molar-refractivity contribution in [3.8, 4) is 5.69 Å². The number of amides is 1. The summed E-state index contributed by atoms with van der Waals surface area (Å²) in [5.41, 5.74) is 0.960. The summed E-state index contributed by atoms with van der Waals surface area (Å²) in [6, 6.07) is 6.43. The van der Waals surface area contributed by atoms with Crippen molar-refractivity contribution in [1.82, 2.24) is 14.8 Å². The summed E-state index contributed by atoms with van der Waals surface area (Å²) < 4.78 is 1.99. The van der Waals surface area contributed by atoms with E-state index in [1.807, 2.05) is 40.5 Å². The third-order valence-corrected chi connectivity index (χ3v) is 5.04. The van der Waals surface area contributed by atoms with E-state index in [9.17, 15) is 4.79 Å². The van der Waals surface area contributed by atoms with E-state index in [1.165, 1.54) is 24.2 Å². The van der Waals surface area contributed by atoms with E-state index in [0.29, 0.717) is 6.04 Å². The normalized spacial score (nSPS) is 19.0. The molecule has 2 aromatic rings. The predicted molar refractivity (Wildman–Crippen MR) is 86.2 cm³/mol. The first-order valence-corrected chi connectivity index (χ1v) is 8.40. The van der Waals surface area contributed by atoms with Gasteiger partial charge in [-0.3, -0.25) is 9.69 Å². The third-order valence-electron chi connectivity index (χ3n) is 4.14. The Balaban J connectivity index is 1.65. The molecular weight excluding hydrogens is 282 g/mol. The van der Waals surface area contributed by atoms with Crippen LogP contribution in [0.3, 0.4) is 0 Å². The molecule has 2 aromatic heterocycles. The first kappa shape index (κ1) is 14.4. The Morgan fingerprint density at radius 3 is 3.00 bits per heavy atom. The molecule has 3 rings (SSSR count). The van der Waals surface area contributed by atoms with Crippen LogP contribution in [0.1, 0.15) is 29.4 Å². The number of hydrogen-bond acceptors (Lipinski definition) is 3. The zero-order valence-electron chi connectivity index (χ0n) is 12.3. The quantitative estimate of drug-likeness (QED) is 0.922. The van der Waals surface area contributed by atoms with Crippen molar-refractivity contribution in [3.05, 3.63) is 40.8 Å². The molecule has 0 aliphatic carbocycles. The highest BCUT2D eigenvalue weighted by atomic mass is 32.1. The van der Waals surface area contributed by atoms with Gasteiger partial charge in [-0.1, -0.05) is 6.92 Å². The second-order valence-electron chi connectivity index (χ2n) is 5.36. The molecule has 1 aliphatic rings. The van der Waals surface area contributed by atoms with Crippen LogP contribution in [0.2, 0.25) is 0 Å². The zero-order valence-corrected chi connectivity index (χ0v) is 13.1. The zero-order chi connectivity index (χ0) is 14.7. The third kappa shape index (κ3) is 3.04. The van der Waals surface area contributed by atoms with E-state index in [0.717, 1.165) is 30.2 Å². The predicted octanol–water partition coefficient (Wildman–Crippen LogP) is 2.75. The van der Waals surface area contributed by atoms with Gasteiger partial charge in [0, 0.05) is 25.0 Å². The second kappa shape index (κ2) is 6.45. The van der Waals surface area contributed by atoms with Crippen molar-refractivity contribution >= 4 is 17.2 Å². The van der Waals surface area contributed by atoms with Gasteiger partial charge in [0.25, 0.3) is 5.91 Å². The molecule has 0 spiro atoms. The monoisotopic (exact) mass is 303 g/mol. The molecule has 1 atom stereocenters. The summed E-state index contributed by atoms with van der Waals surface area (Å²) in [6.07, 6.45) is 6.36. The highest BCUT2D eigenvalue weighted by Gasteiger charge is 2.24. The molecule has 0 bridgehead atoms. The SMILES string of the molecule is CCN1CCC[C@@H]1CNC(=O)c1sccc1-n1cccc1. The van der Waals surface area contributed by atoms with Crippen LogP contribution in [0.4, 0.5) is 0 Å². The number of hydrogen-bond donors (Lipinski definition) is 1. The standard InChI is InChI=1S/C16H21N3OS/c1-2-18-10-5-6-13(18)12-17-16(20)15-14(7-11-21-15)19-8-3-4-9-19/h3-4,7-9,11,13H,2,5-6,10,12H2,1H3,(H,17,20)/t13-/m1/s1. The van der Waals surface area contributed by atoms with E-state index in [-0.39, 0.29) is 5.91 Å². The maximum Gasteiger partial charge on any atom is 0.263 e. The van der Waals surface area contributed by atoms with Crippen LogP contribution in [0.5, 0.6) is 0 Å². The minimum absolute atomic E-state index is 0.0386. The van der Waals surface area contributed by atoms with E-state index >= 15 is 0 Å². The van der Waals surface area contributed by atoms with Crippen molar-refractivity contribution in [2.24, 2.45) is 0 Å². The molecule has 1 fully saturated rings. The average Bonchev–Trinajstić information content (AvgIpc) is 3.23. The fraction of sp³-hybridized carbons (Fsp3) is 0.438. The number of nitrogens with zero attached hydrogens (tertiary/aromatic N) is 2. The molecule has 0 radical (unpaired) electrons. The van der Waals surface area contributed by atoms with Gasteiger partial charge in [-0.25, -0.2) is 0 Å². The molecule has 5 heteroatoms. The lowest BCUT2D eigenvalue weighted by Crippen LogP contribution is -2.40. The van der Waals surface area contributed by atoms with Crippen LogP contribution < -0.4 is 5.32 Å². The Morgan fingerprint density at radius 2 is 2.24 bits per heavy atom. The lowest BCUT2D eigenvalue weighted by atomic mass is 10.2. The van der Waals surface area contributed by atoms with Crippen molar-refractivity contribution in [2.75, 3.05) is 19.6 Å². The summed E-state index contributed by atoms with van der Waals surface area (Å²) in [4.78, 5) is 15.7. The number of likely N-dealkylation sites (tertiary alicyclic amines) is 1. The Bertz CT molecular complexity index is 590. The maximum atomic E-state index is 12.4. The molecule has 21 heavy (non-hydrogen) atoms. The highest BCUT2D eigenvalue weighted by molar-refractivity contribution is 7.12. The first-order chi connectivity index (χ1) is 10.3. The first-order valence-electron chi connectivity index (χ1n) is 7.52. The van der Waals surface area contributed by atoms with E-state index in [1.54, 1.807) is 0 Å². The lowest BCUT2D eigenvalue weighted by molar-refractivity contribution is 0.0945. The van der Waals surface area contributed by atoms with Crippen LogP contribution in [0, 0.1) is 0 Å². The molecule has 1 saturated heterocycles. The van der Waals surface area contributed by atoms with Gasteiger partial charge in [0.15, 0.2) is 0 Å². The van der Waals surface area contributed by atoms with Crippen molar-refractivity contribution in [3.63, 3.8) is 0 Å². The van der Waals surface area contributed by atoms with Crippen molar-refractivity contribution in [2.45, 2.75) is 25.8 Å². The minimum Gasteiger partial charge on any atom is -0.350 e. The second-order valence-corrected chi connectivity index (χ2v) is 6.28. The molecule has 3 heterocycles. The van der Waals surface area contributed by atoms with Crippen molar-refractivity contribution < 1.29 is 4.79 Å². The molecular formula is C16H21N3OS. The van der Waals surface area contributed by atoms with Crippen LogP contribution in [0.15, 0.2) is 36.0 Å². The van der Waals surface area contributed by atoms with Crippen LogP contribution in [-0.4, -0.2) is 41.1 Å². The molecule has 112 valence electrons. The van der Waals surface area contributed by atoms with Crippen molar-refractivity contribution in [1.29, 1.82) is 0 Å². The van der Waals surface area contributed by atoms with Gasteiger partial charge in [0.2, 0.25) is 0 Å². The molecule has 0 unspecified atom stereocenters. The number of carbonyl (C=O) groups is 1. The van der Waals surface area contributed by atoms with Gasteiger partial charge >= 0.3 is 0 Å². The Kier molecular flexibility index (Phi) is 4.41. The Hall–Kier alpha value is -1.59. The molecule has 1 N–H and O–H groups in total. The number of nitrogens with one attached hydrogen (secondary N) is 1. The number of likely N-dealkylation sites (N-methyl/N-ethyl adjacent to an activating group) is 1. The summed E-state index contributed by atoms with van der Waals surface area (Å²) in [5, 5.41) is 5.08. The lowest BCUT2D eigenvalue weighted by Gasteiger charge is -2.22. The van der Waals surface area contributed by atoms with Gasteiger partial charge < -0.3 is 9.88 Å². The number of aromatic nitrogens is 1. The number of rotatable bonds is 5. The largest absolute Gasteiger partial charge is 0.350 e. The average molecular weight is 303 g/mol. The smallest absolute Gasteiger partial charge is 0.263 e. The number of thiophene rings is 1. The van der Waals surface area contributed by atoms with Gasteiger partial charge in [0.05, 0.1) is 5.69 Å². The van der Waals surface area contributed by atoms with E-state index in [4.69, 9.17) is 0 Å². The minimum atomic E-state index is 0.0386. The van der Waals surface area contributed by atoms with Crippen LogP contribution in [0.25, 0.3) is 5.69 Å². The summed E-state index contributed by atoms with van der Waals surface area (Å²) in [7, 11) is 0. The van der Waals surface area contributed by atoms with Gasteiger partial charge in [-0.05, 0) is 49.5 Å². The summed E-state index contributed by atoms with van der Waals surface area (Å²) in [6.45, 7) is 5.15. The maximum absolute atomic E-state index is 12.4. The fourth-order valence-corrected chi connectivity index (χ4v) is 3.81. The molecule has 0 aromatic carbocycles. The molecule has 1 aliphatic heterocycles. The number of carbonyl (C=O) groups excluding carboxylic acids is 1. The van der Waals surface area contributed by atoms with E-state index < -0.39 is 0 Å². The van der Waals surface area contributed by atoms with Crippen LogP contribution >= 0.6 is 11.3 Å². The Labute approximate surface area is 129 Å². The van der Waals surface area contributed by atoms with Gasteiger partial charge in [0.1, 0.15) is 4.88 Å². The molecule has 4 nitrogen and oxygen atoms in total. The van der Waals surface area contributed by atoms with Gasteiger partial charge in [-0.2, -0.15) is 0 Å². The summed E-state index contributed by atoms with van der Waals surface area (Å²) in [5.74, 6) is 0.0386. The highest BCUT2D eigenvalue weighted by Crippen LogP contribution is 2.21. The summed E-state index contributed by atoms with van der Waals surface area (Å²) >= 11 is 1.50. The van der Waals surface area contributed by atoms with Gasteiger partial charge in [-0.15, -0.1) is 11.3 Å². The fourth-order valence-electron chi connectivity index (χ4n) is 3.00. The topological polar surface area (TPSA) is 37.3 Å². The molecule has 0 saturated carbocycles. The van der Waals surface area contributed by atoms with Crippen LogP contribution in [-0.2, 0) is 0 Å². The molecule has 1 amide bonds. The van der Waals surface area contributed by atoms with E-state index in [2.05, 4.69) is 17.1 Å².